The van der Waals surface area contributed by atoms with Gasteiger partial charge < -0.3 is 18.9 Å². The van der Waals surface area contributed by atoms with Crippen LogP contribution >= 0.6 is 0 Å². The zero-order valence-corrected chi connectivity index (χ0v) is 16.0. The highest BCUT2D eigenvalue weighted by atomic mass is 16.3. The first kappa shape index (κ1) is 18.0. The van der Waals surface area contributed by atoms with E-state index in [0.29, 0.717) is 5.76 Å². The highest BCUT2D eigenvalue weighted by molar-refractivity contribution is 6.06. The lowest BCUT2D eigenvalue weighted by Gasteiger charge is -2.09. The average Bonchev–Trinajstić information content (AvgIpc) is 3.21. The van der Waals surface area contributed by atoms with Gasteiger partial charge in [-0.15, -0.1) is 0 Å². The summed E-state index contributed by atoms with van der Waals surface area (Å²) in [7, 11) is 1.59. The first-order valence-electron chi connectivity index (χ1n) is 9.18. The van der Waals surface area contributed by atoms with Crippen LogP contribution in [0.2, 0.25) is 0 Å². The van der Waals surface area contributed by atoms with Crippen LogP contribution < -0.4 is 10.9 Å². The number of amides is 1. The van der Waals surface area contributed by atoms with Crippen LogP contribution in [0.5, 0.6) is 0 Å². The van der Waals surface area contributed by atoms with Crippen LogP contribution in [0, 0.1) is 6.92 Å². The Morgan fingerprint density at radius 3 is 2.86 bits per heavy atom. The summed E-state index contributed by atoms with van der Waals surface area (Å²) in [6.45, 7) is 4.81. The molecule has 0 bridgehead atoms. The minimum atomic E-state index is -0.378. The van der Waals surface area contributed by atoms with Crippen molar-refractivity contribution in [1.82, 2.24) is 24.4 Å². The van der Waals surface area contributed by atoms with Gasteiger partial charge in [0.15, 0.2) is 0 Å². The minimum Gasteiger partial charge on any atom is -0.442 e. The predicted molar refractivity (Wildman–Crippen MR) is 105 cm³/mol. The molecule has 0 saturated carbocycles. The number of imidazole rings is 1. The van der Waals surface area contributed by atoms with E-state index in [1.54, 1.807) is 14.0 Å². The summed E-state index contributed by atoms with van der Waals surface area (Å²) in [5.74, 6) is 0.759. The number of benzene rings is 1. The molecule has 1 N–H and O–H groups in total. The summed E-state index contributed by atoms with van der Waals surface area (Å²) in [5.41, 5.74) is 2.01. The number of fused-ring (bicyclic) bond motifs is 2. The third kappa shape index (κ3) is 2.87. The quantitative estimate of drug-likeness (QED) is 0.575. The number of nitrogens with one attached hydrogen (secondary N) is 1. The molecule has 0 spiro atoms. The van der Waals surface area contributed by atoms with Crippen molar-refractivity contribution < 1.29 is 9.21 Å². The van der Waals surface area contributed by atoms with Crippen molar-refractivity contribution in [2.24, 2.45) is 7.05 Å². The summed E-state index contributed by atoms with van der Waals surface area (Å²) in [6.07, 6.45) is 2.33. The highest BCUT2D eigenvalue weighted by Gasteiger charge is 2.22. The van der Waals surface area contributed by atoms with Gasteiger partial charge in [0.2, 0.25) is 5.71 Å². The van der Waals surface area contributed by atoms with Crippen LogP contribution in [0.25, 0.3) is 22.1 Å². The van der Waals surface area contributed by atoms with Crippen molar-refractivity contribution in [1.29, 1.82) is 0 Å². The Kier molecular flexibility index (Phi) is 4.46. The van der Waals surface area contributed by atoms with E-state index in [-0.39, 0.29) is 34.7 Å². The van der Waals surface area contributed by atoms with E-state index in [2.05, 4.69) is 26.8 Å². The van der Waals surface area contributed by atoms with E-state index in [1.165, 1.54) is 10.9 Å². The SMILES string of the molecule is CCCn1c(CNC(=O)c2c(C)oc3ncn(C)c(=O)c23)nc2ccccc21. The Morgan fingerprint density at radius 1 is 1.29 bits per heavy atom. The molecule has 8 heteroatoms. The van der Waals surface area contributed by atoms with Crippen LogP contribution in [-0.4, -0.2) is 25.0 Å². The zero-order valence-electron chi connectivity index (χ0n) is 16.0. The van der Waals surface area contributed by atoms with Crippen LogP contribution in [0.4, 0.5) is 0 Å². The molecule has 0 radical (unpaired) electrons. The number of aromatic nitrogens is 4. The van der Waals surface area contributed by atoms with E-state index in [0.717, 1.165) is 29.8 Å². The second-order valence-electron chi connectivity index (χ2n) is 6.73. The number of carbonyl (C=O) groups excluding carboxylic acids is 1. The second kappa shape index (κ2) is 6.95. The monoisotopic (exact) mass is 379 g/mol. The van der Waals surface area contributed by atoms with Gasteiger partial charge in [-0.3, -0.25) is 9.59 Å². The lowest BCUT2D eigenvalue weighted by molar-refractivity contribution is 0.0949. The third-order valence-corrected chi connectivity index (χ3v) is 4.76. The molecule has 3 aromatic heterocycles. The van der Waals surface area contributed by atoms with Gasteiger partial charge in [-0.2, -0.15) is 0 Å². The molecule has 4 rings (SSSR count). The van der Waals surface area contributed by atoms with Gasteiger partial charge in [-0.25, -0.2) is 9.97 Å². The Morgan fingerprint density at radius 2 is 2.07 bits per heavy atom. The molecule has 4 aromatic rings. The van der Waals surface area contributed by atoms with Crippen molar-refractivity contribution in [3.63, 3.8) is 0 Å². The summed E-state index contributed by atoms with van der Waals surface area (Å²) >= 11 is 0. The number of furan rings is 1. The number of rotatable bonds is 5. The summed E-state index contributed by atoms with van der Waals surface area (Å²) in [5, 5.41) is 3.08. The third-order valence-electron chi connectivity index (χ3n) is 4.76. The standard InChI is InChI=1S/C20H21N5O3/c1-4-9-25-14-8-6-5-7-13(14)23-15(25)10-21-18(26)16-12(2)28-19-17(16)20(27)24(3)11-22-19/h5-8,11H,4,9-10H2,1-3H3,(H,21,26). The lowest BCUT2D eigenvalue weighted by atomic mass is 10.2. The largest absolute Gasteiger partial charge is 0.442 e. The predicted octanol–water partition coefficient (Wildman–Crippen LogP) is 2.52. The molecule has 0 atom stereocenters. The van der Waals surface area contributed by atoms with Crippen LogP contribution in [-0.2, 0) is 20.1 Å². The number of nitrogens with zero attached hydrogens (tertiary/aromatic N) is 4. The molecule has 0 aliphatic carbocycles. The fraction of sp³-hybridized carbons (Fsp3) is 0.300. The molecule has 0 aliphatic rings. The summed E-state index contributed by atoms with van der Waals surface area (Å²) in [6, 6.07) is 7.89. The number of para-hydroxylation sites is 2. The Bertz CT molecular complexity index is 1250. The van der Waals surface area contributed by atoms with E-state index >= 15 is 0 Å². The van der Waals surface area contributed by atoms with Gasteiger partial charge in [-0.05, 0) is 25.5 Å². The van der Waals surface area contributed by atoms with Gasteiger partial charge in [0, 0.05) is 13.6 Å². The van der Waals surface area contributed by atoms with Gasteiger partial charge in [0.1, 0.15) is 23.3 Å². The lowest BCUT2D eigenvalue weighted by Crippen LogP contribution is -2.27. The fourth-order valence-corrected chi connectivity index (χ4v) is 3.44. The van der Waals surface area contributed by atoms with E-state index < -0.39 is 0 Å². The molecule has 1 amide bonds. The minimum absolute atomic E-state index is 0.170. The van der Waals surface area contributed by atoms with Gasteiger partial charge in [0.05, 0.1) is 23.1 Å². The number of carbonyl (C=O) groups is 1. The van der Waals surface area contributed by atoms with Crippen LogP contribution in [0.1, 0.15) is 35.3 Å². The second-order valence-corrected chi connectivity index (χ2v) is 6.73. The van der Waals surface area contributed by atoms with E-state index in [4.69, 9.17) is 4.42 Å². The first-order chi connectivity index (χ1) is 13.5. The van der Waals surface area contributed by atoms with Crippen LogP contribution in [0.15, 0.2) is 39.8 Å². The molecular formula is C20H21N5O3. The van der Waals surface area contributed by atoms with Gasteiger partial charge in [0.25, 0.3) is 11.5 Å². The molecule has 1 aromatic carbocycles. The highest BCUT2D eigenvalue weighted by Crippen LogP contribution is 2.21. The molecule has 144 valence electrons. The normalized spacial score (nSPS) is 11.4. The molecule has 0 unspecified atom stereocenters. The van der Waals surface area contributed by atoms with E-state index in [1.807, 2.05) is 24.3 Å². The molecule has 0 saturated heterocycles. The molecular weight excluding hydrogens is 358 g/mol. The van der Waals surface area contributed by atoms with Crippen molar-refractivity contribution in [3.8, 4) is 0 Å². The van der Waals surface area contributed by atoms with Crippen LogP contribution in [0.3, 0.4) is 0 Å². The molecule has 0 fully saturated rings. The molecule has 8 nitrogen and oxygen atoms in total. The number of hydrogen-bond acceptors (Lipinski definition) is 5. The maximum absolute atomic E-state index is 12.9. The van der Waals surface area contributed by atoms with Crippen molar-refractivity contribution in [2.45, 2.75) is 33.4 Å². The number of hydrogen-bond donors (Lipinski definition) is 1. The first-order valence-corrected chi connectivity index (χ1v) is 9.18. The fourth-order valence-electron chi connectivity index (χ4n) is 3.44. The van der Waals surface area contributed by atoms with Crippen molar-refractivity contribution in [2.75, 3.05) is 0 Å². The average molecular weight is 379 g/mol. The van der Waals surface area contributed by atoms with Gasteiger partial charge >= 0.3 is 0 Å². The van der Waals surface area contributed by atoms with Gasteiger partial charge in [-0.1, -0.05) is 19.1 Å². The van der Waals surface area contributed by atoms with E-state index in [9.17, 15) is 9.59 Å². The maximum Gasteiger partial charge on any atom is 0.265 e. The maximum atomic E-state index is 12.9. The molecule has 3 heterocycles. The zero-order chi connectivity index (χ0) is 19.8. The topological polar surface area (TPSA) is 95.0 Å². The summed E-state index contributed by atoms with van der Waals surface area (Å²) in [4.78, 5) is 34.1. The Balaban J connectivity index is 1.68. The van der Waals surface area contributed by atoms with Crippen molar-refractivity contribution >= 4 is 28.0 Å². The Labute approximate surface area is 160 Å². The van der Waals surface area contributed by atoms with Crippen molar-refractivity contribution in [3.05, 3.63) is 58.1 Å². The summed E-state index contributed by atoms with van der Waals surface area (Å²) < 4.78 is 8.95. The smallest absolute Gasteiger partial charge is 0.265 e. The molecule has 28 heavy (non-hydrogen) atoms. The number of aryl methyl sites for hydroxylation is 3. The molecule has 0 aliphatic heterocycles. The Hall–Kier alpha value is -3.42.